The molecule has 3 nitrogen and oxygen atoms in total. The van der Waals surface area contributed by atoms with Crippen LogP contribution in [0.5, 0.6) is 0 Å². The SMILES string of the molecule is C[C@@H](CC#CCN1CCCC[C@H]1c1cccnc1)OC(C)(C)C. The van der Waals surface area contributed by atoms with Gasteiger partial charge >= 0.3 is 0 Å². The number of nitrogens with zero attached hydrogens (tertiary/aromatic N) is 2. The van der Waals surface area contributed by atoms with Crippen LogP contribution in [0.3, 0.4) is 0 Å². The van der Waals surface area contributed by atoms with Crippen molar-refractivity contribution in [1.82, 2.24) is 9.88 Å². The van der Waals surface area contributed by atoms with Gasteiger partial charge in [-0.2, -0.15) is 0 Å². The van der Waals surface area contributed by atoms with Crippen LogP contribution in [0.1, 0.15) is 65.0 Å². The van der Waals surface area contributed by atoms with Crippen LogP contribution in [0.15, 0.2) is 24.5 Å². The van der Waals surface area contributed by atoms with Crippen molar-refractivity contribution in [3.63, 3.8) is 0 Å². The van der Waals surface area contributed by atoms with Gasteiger partial charge in [0, 0.05) is 24.9 Å². The maximum Gasteiger partial charge on any atom is 0.0663 e. The van der Waals surface area contributed by atoms with E-state index in [1.165, 1.54) is 24.8 Å². The van der Waals surface area contributed by atoms with E-state index in [1.54, 1.807) is 0 Å². The van der Waals surface area contributed by atoms with Crippen LogP contribution < -0.4 is 0 Å². The molecule has 2 rings (SSSR count). The number of ether oxygens (including phenoxy) is 1. The Bertz CT molecular complexity index is 524. The highest BCUT2D eigenvalue weighted by atomic mass is 16.5. The summed E-state index contributed by atoms with van der Waals surface area (Å²) in [5.74, 6) is 6.64. The molecule has 0 aromatic carbocycles. The van der Waals surface area contributed by atoms with E-state index in [4.69, 9.17) is 4.74 Å². The maximum absolute atomic E-state index is 5.90. The Morgan fingerprint density at radius 1 is 1.35 bits per heavy atom. The molecule has 0 amide bonds. The van der Waals surface area contributed by atoms with Crippen LogP contribution in [-0.2, 0) is 4.74 Å². The maximum atomic E-state index is 5.90. The second-order valence-corrected chi connectivity index (χ2v) is 7.37. The predicted molar refractivity (Wildman–Crippen MR) is 95.1 cm³/mol. The van der Waals surface area contributed by atoms with Crippen molar-refractivity contribution in [2.75, 3.05) is 13.1 Å². The molecular weight excluding hydrogens is 284 g/mol. The van der Waals surface area contributed by atoms with E-state index in [0.29, 0.717) is 6.04 Å². The van der Waals surface area contributed by atoms with E-state index in [2.05, 4.69) is 55.5 Å². The highest BCUT2D eigenvalue weighted by Gasteiger charge is 2.23. The van der Waals surface area contributed by atoms with E-state index >= 15 is 0 Å². The smallest absolute Gasteiger partial charge is 0.0663 e. The van der Waals surface area contributed by atoms with E-state index in [9.17, 15) is 0 Å². The molecule has 2 heterocycles. The molecule has 0 N–H and O–H groups in total. The van der Waals surface area contributed by atoms with Crippen molar-refractivity contribution < 1.29 is 4.74 Å². The van der Waals surface area contributed by atoms with Gasteiger partial charge in [-0.1, -0.05) is 24.3 Å². The first kappa shape index (κ1) is 18.0. The third-order valence-corrected chi connectivity index (χ3v) is 4.03. The Labute approximate surface area is 141 Å². The fourth-order valence-electron chi connectivity index (χ4n) is 3.15. The van der Waals surface area contributed by atoms with Crippen LogP contribution in [0.4, 0.5) is 0 Å². The van der Waals surface area contributed by atoms with E-state index in [0.717, 1.165) is 19.5 Å². The number of piperidine rings is 1. The molecule has 126 valence electrons. The van der Waals surface area contributed by atoms with Gasteiger partial charge in [0.05, 0.1) is 18.2 Å². The lowest BCUT2D eigenvalue weighted by Crippen LogP contribution is -2.33. The predicted octanol–water partition coefficient (Wildman–Crippen LogP) is 4.21. The summed E-state index contributed by atoms with van der Waals surface area (Å²) in [7, 11) is 0. The third-order valence-electron chi connectivity index (χ3n) is 4.03. The Balaban J connectivity index is 1.87. The van der Waals surface area contributed by atoms with E-state index in [1.807, 2.05) is 18.5 Å². The largest absolute Gasteiger partial charge is 0.372 e. The van der Waals surface area contributed by atoms with Gasteiger partial charge in [0.2, 0.25) is 0 Å². The zero-order valence-corrected chi connectivity index (χ0v) is 15.0. The summed E-state index contributed by atoms with van der Waals surface area (Å²) in [5, 5.41) is 0. The molecular formula is C20H30N2O. The van der Waals surface area contributed by atoms with Crippen LogP contribution in [-0.4, -0.2) is 34.7 Å². The van der Waals surface area contributed by atoms with E-state index in [-0.39, 0.29) is 11.7 Å². The molecule has 1 saturated heterocycles. The van der Waals surface area contributed by atoms with Gasteiger partial charge in [0.25, 0.3) is 0 Å². The molecule has 0 radical (unpaired) electrons. The summed E-state index contributed by atoms with van der Waals surface area (Å²) in [4.78, 5) is 6.76. The van der Waals surface area contributed by atoms with Crippen LogP contribution in [0.2, 0.25) is 0 Å². The highest BCUT2D eigenvalue weighted by molar-refractivity contribution is 5.16. The molecule has 1 aliphatic rings. The first-order chi connectivity index (χ1) is 11.0. The minimum atomic E-state index is -0.0978. The molecule has 0 unspecified atom stereocenters. The lowest BCUT2D eigenvalue weighted by Gasteiger charge is -2.34. The average molecular weight is 314 g/mol. The summed E-state index contributed by atoms with van der Waals surface area (Å²) in [6.07, 6.45) is 8.57. The zero-order chi connectivity index (χ0) is 16.7. The van der Waals surface area contributed by atoms with Crippen LogP contribution in [0.25, 0.3) is 0 Å². The highest BCUT2D eigenvalue weighted by Crippen LogP contribution is 2.29. The quantitative estimate of drug-likeness (QED) is 0.779. The second-order valence-electron chi connectivity index (χ2n) is 7.37. The fraction of sp³-hybridized carbons (Fsp3) is 0.650. The molecule has 1 aliphatic heterocycles. The van der Waals surface area contributed by atoms with Gasteiger partial charge in [-0.15, -0.1) is 0 Å². The van der Waals surface area contributed by atoms with Gasteiger partial charge in [-0.3, -0.25) is 9.88 Å². The molecule has 0 bridgehead atoms. The van der Waals surface area contributed by atoms with Crippen molar-refractivity contribution in [2.24, 2.45) is 0 Å². The molecule has 23 heavy (non-hydrogen) atoms. The number of hydrogen-bond acceptors (Lipinski definition) is 3. The van der Waals surface area contributed by atoms with Gasteiger partial charge in [0.15, 0.2) is 0 Å². The molecule has 0 spiro atoms. The second kappa shape index (κ2) is 8.47. The molecule has 1 fully saturated rings. The molecule has 2 atom stereocenters. The number of rotatable bonds is 4. The first-order valence-electron chi connectivity index (χ1n) is 8.73. The van der Waals surface area contributed by atoms with Crippen molar-refractivity contribution >= 4 is 0 Å². The Morgan fingerprint density at radius 2 is 2.17 bits per heavy atom. The van der Waals surface area contributed by atoms with Crippen LogP contribution >= 0.6 is 0 Å². The molecule has 0 saturated carbocycles. The summed E-state index contributed by atoms with van der Waals surface area (Å²) in [6.45, 7) is 10.3. The fourth-order valence-corrected chi connectivity index (χ4v) is 3.15. The third kappa shape index (κ3) is 6.33. The summed E-state index contributed by atoms with van der Waals surface area (Å²) in [5.41, 5.74) is 1.22. The van der Waals surface area contributed by atoms with Gasteiger partial charge in [0.1, 0.15) is 0 Å². The van der Waals surface area contributed by atoms with Gasteiger partial charge in [-0.25, -0.2) is 0 Å². The lowest BCUT2D eigenvalue weighted by molar-refractivity contribution is -0.0485. The van der Waals surface area contributed by atoms with Crippen molar-refractivity contribution in [2.45, 2.75) is 71.1 Å². The summed E-state index contributed by atoms with van der Waals surface area (Å²) < 4.78 is 5.90. The number of likely N-dealkylation sites (tertiary alicyclic amines) is 1. The standard InChI is InChI=1S/C20H30N2O/c1-17(23-20(2,3)4)10-5-7-14-22-15-8-6-12-19(22)18-11-9-13-21-16-18/h9,11,13,16-17,19H,6,8,10,12,14-15H2,1-4H3/t17-,19-/m0/s1. The molecule has 1 aromatic heterocycles. The molecule has 0 aliphatic carbocycles. The number of pyridine rings is 1. The number of aromatic nitrogens is 1. The normalized spacial score (nSPS) is 20.6. The Kier molecular flexibility index (Phi) is 6.62. The first-order valence-corrected chi connectivity index (χ1v) is 8.73. The van der Waals surface area contributed by atoms with Crippen molar-refractivity contribution in [1.29, 1.82) is 0 Å². The van der Waals surface area contributed by atoms with E-state index < -0.39 is 0 Å². The Hall–Kier alpha value is -1.37. The summed E-state index contributed by atoms with van der Waals surface area (Å²) >= 11 is 0. The lowest BCUT2D eigenvalue weighted by atomic mass is 9.96. The van der Waals surface area contributed by atoms with Gasteiger partial charge in [-0.05, 0) is 58.7 Å². The number of hydrogen-bond donors (Lipinski definition) is 0. The van der Waals surface area contributed by atoms with Crippen LogP contribution in [0, 0.1) is 11.8 Å². The Morgan fingerprint density at radius 3 is 2.87 bits per heavy atom. The summed E-state index contributed by atoms with van der Waals surface area (Å²) in [6, 6.07) is 4.68. The minimum absolute atomic E-state index is 0.0978. The van der Waals surface area contributed by atoms with Crippen molar-refractivity contribution in [3.8, 4) is 11.8 Å². The molecule has 3 heteroatoms. The van der Waals surface area contributed by atoms with Crippen molar-refractivity contribution in [3.05, 3.63) is 30.1 Å². The zero-order valence-electron chi connectivity index (χ0n) is 15.0. The minimum Gasteiger partial charge on any atom is -0.372 e. The topological polar surface area (TPSA) is 25.4 Å². The average Bonchev–Trinajstić information content (AvgIpc) is 2.51. The van der Waals surface area contributed by atoms with Gasteiger partial charge < -0.3 is 4.74 Å². The monoisotopic (exact) mass is 314 g/mol. The molecule has 1 aromatic rings.